The van der Waals surface area contributed by atoms with Gasteiger partial charge in [0.2, 0.25) is 10.0 Å². The molecule has 0 aliphatic rings. The zero-order chi connectivity index (χ0) is 21.8. The highest BCUT2D eigenvalue weighted by Gasteiger charge is 2.20. The Balaban J connectivity index is 2.14. The van der Waals surface area contributed by atoms with E-state index < -0.39 is 28.5 Å². The quantitative estimate of drug-likeness (QED) is 0.690. The van der Waals surface area contributed by atoms with Gasteiger partial charge in [0.05, 0.1) is 23.3 Å². The predicted octanol–water partition coefficient (Wildman–Crippen LogP) is 2.36. The first-order valence-electron chi connectivity index (χ1n) is 8.71. The molecule has 1 amide bonds. The van der Waals surface area contributed by atoms with Gasteiger partial charge in [0, 0.05) is 14.1 Å². The molecule has 2 aromatic rings. The number of amides is 1. The lowest BCUT2D eigenvalue weighted by Crippen LogP contribution is -2.23. The van der Waals surface area contributed by atoms with Gasteiger partial charge in [-0.25, -0.2) is 17.5 Å². The molecule has 0 bridgehead atoms. The second-order valence-corrected chi connectivity index (χ2v) is 8.67. The molecule has 0 radical (unpaired) electrons. The summed E-state index contributed by atoms with van der Waals surface area (Å²) in [6, 6.07) is 9.35. The van der Waals surface area contributed by atoms with E-state index in [0.29, 0.717) is 5.56 Å². The maximum absolute atomic E-state index is 12.3. The van der Waals surface area contributed by atoms with Crippen LogP contribution in [0.3, 0.4) is 0 Å². The summed E-state index contributed by atoms with van der Waals surface area (Å²) >= 11 is 0. The lowest BCUT2D eigenvalue weighted by molar-refractivity contribution is -0.119. The monoisotopic (exact) mass is 420 g/mol. The topological polar surface area (TPSA) is 102 Å². The molecule has 156 valence electrons. The maximum atomic E-state index is 12.3. The molecular weight excluding hydrogens is 396 g/mol. The van der Waals surface area contributed by atoms with Crippen LogP contribution in [0.2, 0.25) is 0 Å². The fourth-order valence-corrected chi connectivity index (χ4v) is 3.45. The number of benzene rings is 2. The minimum atomic E-state index is -3.69. The second-order valence-electron chi connectivity index (χ2n) is 6.52. The van der Waals surface area contributed by atoms with Crippen molar-refractivity contribution in [2.24, 2.45) is 0 Å². The summed E-state index contributed by atoms with van der Waals surface area (Å²) in [7, 11) is 0.519. The van der Waals surface area contributed by atoms with Crippen molar-refractivity contribution in [3.8, 4) is 5.75 Å². The van der Waals surface area contributed by atoms with Gasteiger partial charge < -0.3 is 14.8 Å². The predicted molar refractivity (Wildman–Crippen MR) is 109 cm³/mol. The van der Waals surface area contributed by atoms with Crippen LogP contribution in [0.4, 0.5) is 5.69 Å². The van der Waals surface area contributed by atoms with E-state index in [1.807, 2.05) is 13.0 Å². The van der Waals surface area contributed by atoms with Crippen molar-refractivity contribution < 1.29 is 27.5 Å². The van der Waals surface area contributed by atoms with Gasteiger partial charge >= 0.3 is 5.97 Å². The fourth-order valence-electron chi connectivity index (χ4n) is 2.52. The molecule has 0 spiro atoms. The Hall–Kier alpha value is -2.91. The molecule has 0 aromatic heterocycles. The highest BCUT2D eigenvalue weighted by Crippen LogP contribution is 2.28. The lowest BCUT2D eigenvalue weighted by atomic mass is 10.0. The third-order valence-corrected chi connectivity index (χ3v) is 6.19. The van der Waals surface area contributed by atoms with Crippen LogP contribution in [0.5, 0.6) is 5.75 Å². The van der Waals surface area contributed by atoms with Crippen molar-refractivity contribution in [1.82, 2.24) is 4.31 Å². The Kier molecular flexibility index (Phi) is 6.99. The van der Waals surface area contributed by atoms with Gasteiger partial charge in [0.25, 0.3) is 5.91 Å². The van der Waals surface area contributed by atoms with E-state index in [1.54, 1.807) is 19.1 Å². The second kappa shape index (κ2) is 9.06. The Bertz CT molecular complexity index is 1030. The maximum Gasteiger partial charge on any atom is 0.338 e. The van der Waals surface area contributed by atoms with Gasteiger partial charge in [0.1, 0.15) is 5.75 Å². The van der Waals surface area contributed by atoms with Gasteiger partial charge in [-0.2, -0.15) is 0 Å². The Morgan fingerprint density at radius 2 is 1.79 bits per heavy atom. The van der Waals surface area contributed by atoms with Crippen LogP contribution in [-0.2, 0) is 19.6 Å². The molecule has 8 nitrogen and oxygen atoms in total. The van der Waals surface area contributed by atoms with Gasteiger partial charge in [-0.05, 0) is 49.2 Å². The number of esters is 1. The number of anilines is 1. The van der Waals surface area contributed by atoms with E-state index >= 15 is 0 Å². The summed E-state index contributed by atoms with van der Waals surface area (Å²) in [4.78, 5) is 24.5. The Labute approximate surface area is 170 Å². The van der Waals surface area contributed by atoms with Crippen LogP contribution in [0.15, 0.2) is 41.3 Å². The molecule has 29 heavy (non-hydrogen) atoms. The molecule has 2 aromatic carbocycles. The average molecular weight is 420 g/mol. The standard InChI is InChI=1S/C20H24N2O6S/c1-13-7-6-8-16(14(13)2)20(24)28-12-19(23)21-17-11-15(9-10-18(17)27-5)29(25,26)22(3)4/h6-11H,12H2,1-5H3,(H,21,23). The summed E-state index contributed by atoms with van der Waals surface area (Å²) in [5.74, 6) is -0.962. The first-order chi connectivity index (χ1) is 13.6. The smallest absolute Gasteiger partial charge is 0.338 e. The summed E-state index contributed by atoms with van der Waals surface area (Å²) in [6.45, 7) is 3.15. The molecule has 0 saturated heterocycles. The van der Waals surface area contributed by atoms with E-state index in [4.69, 9.17) is 9.47 Å². The number of ether oxygens (including phenoxy) is 2. The van der Waals surface area contributed by atoms with Crippen molar-refractivity contribution in [2.45, 2.75) is 18.7 Å². The summed E-state index contributed by atoms with van der Waals surface area (Å²) in [6.07, 6.45) is 0. The SMILES string of the molecule is COc1ccc(S(=O)(=O)N(C)C)cc1NC(=O)COC(=O)c1cccc(C)c1C. The first kappa shape index (κ1) is 22.4. The van der Waals surface area contributed by atoms with Crippen LogP contribution >= 0.6 is 0 Å². The highest BCUT2D eigenvalue weighted by molar-refractivity contribution is 7.89. The lowest BCUT2D eigenvalue weighted by Gasteiger charge is -2.15. The van der Waals surface area contributed by atoms with Crippen molar-refractivity contribution in [1.29, 1.82) is 0 Å². The Morgan fingerprint density at radius 3 is 2.41 bits per heavy atom. The van der Waals surface area contributed by atoms with Crippen LogP contribution in [0, 0.1) is 13.8 Å². The zero-order valence-electron chi connectivity index (χ0n) is 17.0. The number of hydrogen-bond donors (Lipinski definition) is 1. The normalized spacial score (nSPS) is 11.2. The molecule has 0 unspecified atom stereocenters. The summed E-state index contributed by atoms with van der Waals surface area (Å²) < 4.78 is 35.9. The fraction of sp³-hybridized carbons (Fsp3) is 0.300. The van der Waals surface area contributed by atoms with E-state index in [-0.39, 0.29) is 16.3 Å². The largest absolute Gasteiger partial charge is 0.495 e. The number of carbonyl (C=O) groups excluding carboxylic acids is 2. The number of nitrogens with zero attached hydrogens (tertiary/aromatic N) is 1. The van der Waals surface area contributed by atoms with Crippen molar-refractivity contribution in [3.05, 3.63) is 53.1 Å². The number of methoxy groups -OCH3 is 1. The number of carbonyl (C=O) groups is 2. The van der Waals surface area contributed by atoms with Gasteiger partial charge in [0.15, 0.2) is 6.61 Å². The number of rotatable bonds is 7. The number of hydrogen-bond acceptors (Lipinski definition) is 6. The third-order valence-electron chi connectivity index (χ3n) is 4.38. The minimum Gasteiger partial charge on any atom is -0.495 e. The molecule has 0 aliphatic carbocycles. The molecule has 0 heterocycles. The molecule has 0 fully saturated rings. The zero-order valence-corrected chi connectivity index (χ0v) is 17.8. The molecule has 9 heteroatoms. The molecular formula is C20H24N2O6S. The summed E-state index contributed by atoms with van der Waals surface area (Å²) in [5, 5.41) is 2.52. The van der Waals surface area contributed by atoms with Crippen LogP contribution in [-0.4, -0.2) is 52.4 Å². The van der Waals surface area contributed by atoms with Gasteiger partial charge in [-0.15, -0.1) is 0 Å². The van der Waals surface area contributed by atoms with E-state index in [2.05, 4.69) is 5.32 Å². The Morgan fingerprint density at radius 1 is 1.10 bits per heavy atom. The highest BCUT2D eigenvalue weighted by atomic mass is 32.2. The number of aryl methyl sites for hydroxylation is 1. The molecule has 0 atom stereocenters. The molecule has 0 saturated carbocycles. The van der Waals surface area contributed by atoms with E-state index in [9.17, 15) is 18.0 Å². The van der Waals surface area contributed by atoms with Gasteiger partial charge in [-0.1, -0.05) is 12.1 Å². The minimum absolute atomic E-state index is 0.00835. The van der Waals surface area contributed by atoms with E-state index in [0.717, 1.165) is 15.4 Å². The third kappa shape index (κ3) is 5.12. The van der Waals surface area contributed by atoms with Crippen molar-refractivity contribution in [3.63, 3.8) is 0 Å². The number of nitrogens with one attached hydrogen (secondary N) is 1. The summed E-state index contributed by atoms with van der Waals surface area (Å²) in [5.41, 5.74) is 2.26. The van der Waals surface area contributed by atoms with Crippen LogP contribution in [0.25, 0.3) is 0 Å². The molecule has 1 N–H and O–H groups in total. The molecule has 2 rings (SSSR count). The first-order valence-corrected chi connectivity index (χ1v) is 10.2. The van der Waals surface area contributed by atoms with E-state index in [1.165, 1.54) is 39.4 Å². The van der Waals surface area contributed by atoms with Gasteiger partial charge in [-0.3, -0.25) is 4.79 Å². The average Bonchev–Trinajstić information content (AvgIpc) is 2.68. The van der Waals surface area contributed by atoms with Crippen LogP contribution < -0.4 is 10.1 Å². The van der Waals surface area contributed by atoms with Crippen LogP contribution in [0.1, 0.15) is 21.5 Å². The van der Waals surface area contributed by atoms with Crippen molar-refractivity contribution in [2.75, 3.05) is 33.1 Å². The van der Waals surface area contributed by atoms with Crippen molar-refractivity contribution >= 4 is 27.6 Å². The molecule has 0 aliphatic heterocycles. The number of sulfonamides is 1.